The third kappa shape index (κ3) is 3.31. The van der Waals surface area contributed by atoms with Crippen molar-refractivity contribution < 1.29 is 0 Å². The second-order valence-corrected chi connectivity index (χ2v) is 7.57. The molecule has 0 saturated carbocycles. The van der Waals surface area contributed by atoms with Gasteiger partial charge in [-0.2, -0.15) is 0 Å². The highest BCUT2D eigenvalue weighted by atomic mass is 35.5. The van der Waals surface area contributed by atoms with Gasteiger partial charge in [-0.15, -0.1) is 0 Å². The molecule has 25 heavy (non-hydrogen) atoms. The lowest BCUT2D eigenvalue weighted by atomic mass is 10.1. The summed E-state index contributed by atoms with van der Waals surface area (Å²) in [6, 6.07) is 18.1. The van der Waals surface area contributed by atoms with Crippen LogP contribution in [0.15, 0.2) is 54.6 Å². The Balaban J connectivity index is 1.61. The Morgan fingerprint density at radius 3 is 2.80 bits per heavy atom. The summed E-state index contributed by atoms with van der Waals surface area (Å²) in [6.45, 7) is 2.01. The molecule has 3 aromatic carbocycles. The molecule has 0 fully saturated rings. The van der Waals surface area contributed by atoms with Gasteiger partial charge in [-0.05, 0) is 48.3 Å². The molecule has 3 nitrogen and oxygen atoms in total. The van der Waals surface area contributed by atoms with Gasteiger partial charge in [0.2, 0.25) is 0 Å². The number of thiazole rings is 1. The second kappa shape index (κ2) is 6.59. The zero-order valence-electron chi connectivity index (χ0n) is 13.3. The third-order valence-electron chi connectivity index (χ3n) is 3.95. The van der Waals surface area contributed by atoms with Crippen LogP contribution < -0.4 is 10.6 Å². The summed E-state index contributed by atoms with van der Waals surface area (Å²) in [5.74, 6) is 0. The van der Waals surface area contributed by atoms with Crippen LogP contribution in [-0.4, -0.2) is 10.1 Å². The van der Waals surface area contributed by atoms with Crippen LogP contribution in [0, 0.1) is 6.92 Å². The van der Waals surface area contributed by atoms with E-state index in [1.54, 1.807) is 11.3 Å². The molecule has 0 aliphatic carbocycles. The molecule has 1 heterocycles. The van der Waals surface area contributed by atoms with Gasteiger partial charge in [-0.25, -0.2) is 4.98 Å². The normalized spacial score (nSPS) is 11.0. The van der Waals surface area contributed by atoms with Crippen molar-refractivity contribution in [3.63, 3.8) is 0 Å². The molecule has 0 aliphatic heterocycles. The fourth-order valence-electron chi connectivity index (χ4n) is 2.69. The smallest absolute Gasteiger partial charge is 0.190 e. The first-order valence-corrected chi connectivity index (χ1v) is 9.33. The molecule has 0 radical (unpaired) electrons. The van der Waals surface area contributed by atoms with E-state index in [4.69, 9.17) is 28.8 Å². The highest BCUT2D eigenvalue weighted by Crippen LogP contribution is 2.31. The van der Waals surface area contributed by atoms with Gasteiger partial charge < -0.3 is 10.6 Å². The van der Waals surface area contributed by atoms with Crippen molar-refractivity contribution in [1.82, 2.24) is 4.98 Å². The molecule has 0 saturated heterocycles. The minimum absolute atomic E-state index is 0.494. The summed E-state index contributed by atoms with van der Waals surface area (Å²) < 4.78 is 1.13. The number of fused-ring (bicyclic) bond motifs is 3. The van der Waals surface area contributed by atoms with Gasteiger partial charge in [-0.1, -0.05) is 59.3 Å². The molecule has 2 N–H and O–H groups in total. The van der Waals surface area contributed by atoms with Crippen LogP contribution in [0.25, 0.3) is 21.0 Å². The SMILES string of the molecule is Cc1ccc(Cl)cc1NC(=S)Nc1nc2c(ccc3ccccc32)s1. The Bertz CT molecular complexity index is 1100. The van der Waals surface area contributed by atoms with E-state index in [0.717, 1.165) is 32.0 Å². The van der Waals surface area contributed by atoms with Crippen molar-refractivity contribution in [1.29, 1.82) is 0 Å². The number of aromatic nitrogens is 1. The summed E-state index contributed by atoms with van der Waals surface area (Å²) in [4.78, 5) is 4.72. The van der Waals surface area contributed by atoms with Crippen LogP contribution in [0.4, 0.5) is 10.8 Å². The molecule has 1 aromatic heterocycles. The van der Waals surface area contributed by atoms with Crippen molar-refractivity contribution >= 4 is 72.1 Å². The van der Waals surface area contributed by atoms with Crippen molar-refractivity contribution in [2.75, 3.05) is 10.6 Å². The number of halogens is 1. The number of hydrogen-bond donors (Lipinski definition) is 2. The van der Waals surface area contributed by atoms with Gasteiger partial charge in [0.15, 0.2) is 10.2 Å². The number of nitrogens with zero attached hydrogens (tertiary/aromatic N) is 1. The summed E-state index contributed by atoms with van der Waals surface area (Å²) in [6.07, 6.45) is 0. The Morgan fingerprint density at radius 1 is 1.08 bits per heavy atom. The first-order chi connectivity index (χ1) is 12.1. The quantitative estimate of drug-likeness (QED) is 0.403. The van der Waals surface area contributed by atoms with Gasteiger partial charge in [0.05, 0.1) is 10.2 Å². The van der Waals surface area contributed by atoms with Gasteiger partial charge in [0, 0.05) is 16.1 Å². The largest absolute Gasteiger partial charge is 0.332 e. The molecule has 0 atom stereocenters. The zero-order chi connectivity index (χ0) is 17.4. The average molecular weight is 384 g/mol. The maximum absolute atomic E-state index is 6.06. The summed E-state index contributed by atoms with van der Waals surface area (Å²) in [5, 5.41) is 10.6. The van der Waals surface area contributed by atoms with Crippen molar-refractivity contribution in [2.45, 2.75) is 6.92 Å². The van der Waals surface area contributed by atoms with E-state index in [0.29, 0.717) is 10.1 Å². The van der Waals surface area contributed by atoms with Crippen LogP contribution in [0.2, 0.25) is 5.02 Å². The van der Waals surface area contributed by atoms with E-state index >= 15 is 0 Å². The maximum atomic E-state index is 6.06. The fourth-order valence-corrected chi connectivity index (χ4v) is 4.02. The van der Waals surface area contributed by atoms with E-state index < -0.39 is 0 Å². The van der Waals surface area contributed by atoms with Crippen LogP contribution in [-0.2, 0) is 0 Å². The molecule has 4 rings (SSSR count). The number of hydrogen-bond acceptors (Lipinski definition) is 3. The average Bonchev–Trinajstić information content (AvgIpc) is 3.01. The molecule has 0 bridgehead atoms. The zero-order valence-corrected chi connectivity index (χ0v) is 15.7. The number of benzene rings is 3. The Kier molecular flexibility index (Phi) is 4.29. The first kappa shape index (κ1) is 16.3. The fraction of sp³-hybridized carbons (Fsp3) is 0.0526. The lowest BCUT2D eigenvalue weighted by Crippen LogP contribution is -2.19. The molecule has 4 aromatic rings. The monoisotopic (exact) mass is 383 g/mol. The number of rotatable bonds is 2. The molecular formula is C19H14ClN3S2. The van der Waals surface area contributed by atoms with E-state index in [1.807, 2.05) is 37.3 Å². The predicted octanol–water partition coefficient (Wildman–Crippen LogP) is 6.22. The first-order valence-electron chi connectivity index (χ1n) is 7.72. The third-order valence-corrected chi connectivity index (χ3v) is 5.33. The Labute approximate surface area is 159 Å². The van der Waals surface area contributed by atoms with Gasteiger partial charge in [0.25, 0.3) is 0 Å². The van der Waals surface area contributed by atoms with Gasteiger partial charge >= 0.3 is 0 Å². The summed E-state index contributed by atoms with van der Waals surface area (Å²) in [5.41, 5.74) is 2.95. The van der Waals surface area contributed by atoms with E-state index in [9.17, 15) is 0 Å². The van der Waals surface area contributed by atoms with Gasteiger partial charge in [0.1, 0.15) is 0 Å². The van der Waals surface area contributed by atoms with Crippen LogP contribution in [0.3, 0.4) is 0 Å². The minimum atomic E-state index is 0.494. The minimum Gasteiger partial charge on any atom is -0.332 e. The number of anilines is 2. The molecule has 0 amide bonds. The van der Waals surface area contributed by atoms with Crippen LogP contribution >= 0.6 is 35.2 Å². The van der Waals surface area contributed by atoms with E-state index in [2.05, 4.69) is 34.9 Å². The molecule has 124 valence electrons. The highest BCUT2D eigenvalue weighted by molar-refractivity contribution is 7.80. The second-order valence-electron chi connectivity index (χ2n) is 5.69. The number of aryl methyl sites for hydroxylation is 1. The predicted molar refractivity (Wildman–Crippen MR) is 113 cm³/mol. The maximum Gasteiger partial charge on any atom is 0.190 e. The Morgan fingerprint density at radius 2 is 1.92 bits per heavy atom. The standard InChI is InChI=1S/C19H14ClN3S2/c1-11-6-8-13(20)10-15(11)21-18(24)23-19-22-17-14-5-3-2-4-12(14)7-9-16(17)25-19/h2-10H,1H3,(H2,21,22,23,24). The highest BCUT2D eigenvalue weighted by Gasteiger charge is 2.09. The van der Waals surface area contributed by atoms with Crippen molar-refractivity contribution in [3.05, 3.63) is 65.2 Å². The van der Waals surface area contributed by atoms with Crippen molar-refractivity contribution in [3.8, 4) is 0 Å². The van der Waals surface area contributed by atoms with E-state index in [1.165, 1.54) is 5.39 Å². The van der Waals surface area contributed by atoms with E-state index in [-0.39, 0.29) is 0 Å². The number of thiocarbonyl (C=S) groups is 1. The lowest BCUT2D eigenvalue weighted by molar-refractivity contribution is 1.44. The summed E-state index contributed by atoms with van der Waals surface area (Å²) >= 11 is 13.1. The lowest BCUT2D eigenvalue weighted by Gasteiger charge is -2.11. The van der Waals surface area contributed by atoms with Gasteiger partial charge in [-0.3, -0.25) is 0 Å². The Hall–Kier alpha value is -2.21. The topological polar surface area (TPSA) is 37.0 Å². The molecule has 0 unspecified atom stereocenters. The van der Waals surface area contributed by atoms with Crippen LogP contribution in [0.5, 0.6) is 0 Å². The van der Waals surface area contributed by atoms with Crippen molar-refractivity contribution in [2.24, 2.45) is 0 Å². The molecule has 0 aliphatic rings. The molecular weight excluding hydrogens is 370 g/mol. The number of nitrogens with one attached hydrogen (secondary N) is 2. The molecule has 0 spiro atoms. The summed E-state index contributed by atoms with van der Waals surface area (Å²) in [7, 11) is 0. The van der Waals surface area contributed by atoms with Crippen LogP contribution in [0.1, 0.15) is 5.56 Å². The molecule has 6 heteroatoms.